The summed E-state index contributed by atoms with van der Waals surface area (Å²) < 4.78 is 54.3. The number of nitrogens with two attached hydrogens (primary N) is 1. The number of aliphatic hydroxyl groups is 1. The number of anilines is 1. The fraction of sp³-hybridized carbons (Fsp3) is 0.346. The van der Waals surface area contributed by atoms with Crippen LogP contribution in [0.2, 0.25) is 0 Å². The number of benzene rings is 2. The molecule has 5 N–H and O–H groups in total. The molecule has 1 aromatic heterocycles. The third-order valence-corrected chi connectivity index (χ3v) is 6.61. The molecule has 7 nitrogen and oxygen atoms in total. The number of carbonyl (C=O) groups excluding carboxylic acids is 1. The Balaban J connectivity index is 1.54. The van der Waals surface area contributed by atoms with Crippen molar-refractivity contribution in [2.24, 2.45) is 0 Å². The SMILES string of the molecule is C[C@H](NC(=O)c1ccc(-c2nc(C3CCC(O)CC3)cnc2N)cc1F)c1cccc(C(F)(F)F)c1O. The predicted molar refractivity (Wildman–Crippen MR) is 128 cm³/mol. The minimum atomic E-state index is -4.77. The number of carbonyl (C=O) groups is 1. The number of hydrogen-bond acceptors (Lipinski definition) is 6. The van der Waals surface area contributed by atoms with Crippen molar-refractivity contribution in [3.63, 3.8) is 0 Å². The lowest BCUT2D eigenvalue weighted by Crippen LogP contribution is -2.27. The highest BCUT2D eigenvalue weighted by molar-refractivity contribution is 5.95. The lowest BCUT2D eigenvalue weighted by Gasteiger charge is -2.25. The van der Waals surface area contributed by atoms with E-state index in [-0.39, 0.29) is 34.7 Å². The van der Waals surface area contributed by atoms with E-state index in [1.165, 1.54) is 25.1 Å². The molecule has 196 valence electrons. The van der Waals surface area contributed by atoms with Gasteiger partial charge in [-0.3, -0.25) is 4.79 Å². The van der Waals surface area contributed by atoms with Gasteiger partial charge in [0.2, 0.25) is 0 Å². The quantitative estimate of drug-likeness (QED) is 0.349. The summed E-state index contributed by atoms with van der Waals surface area (Å²) in [6, 6.07) is 5.83. The Morgan fingerprint density at radius 2 is 1.86 bits per heavy atom. The van der Waals surface area contributed by atoms with Gasteiger partial charge in [0.05, 0.1) is 35.2 Å². The number of aromatic nitrogens is 2. The molecule has 2 aromatic carbocycles. The zero-order valence-electron chi connectivity index (χ0n) is 19.9. The van der Waals surface area contributed by atoms with Gasteiger partial charge in [-0.25, -0.2) is 14.4 Å². The standard InChI is InChI=1S/C26H26F4N4O3/c1-13(17-3-2-4-19(23(17)36)26(28,29)30)33-25(37)18-10-7-15(11-20(18)27)22-24(31)32-12-21(34-22)14-5-8-16(35)9-6-14/h2-4,7,10-14,16,35-36H,5-6,8-9H2,1H3,(H2,31,32)(H,33,37)/t13-,14?,16?/m0/s1. The van der Waals surface area contributed by atoms with Gasteiger partial charge in [0.25, 0.3) is 5.91 Å². The number of hydrogen-bond donors (Lipinski definition) is 4. The molecule has 1 saturated carbocycles. The maximum absolute atomic E-state index is 15.0. The number of aliphatic hydroxyl groups excluding tert-OH is 1. The summed E-state index contributed by atoms with van der Waals surface area (Å²) >= 11 is 0. The maximum Gasteiger partial charge on any atom is 0.419 e. The predicted octanol–water partition coefficient (Wildman–Crippen LogP) is 5.10. The van der Waals surface area contributed by atoms with Crippen LogP contribution in [0.15, 0.2) is 42.6 Å². The summed E-state index contributed by atoms with van der Waals surface area (Å²) in [5.74, 6) is -2.58. The number of aromatic hydroxyl groups is 1. The highest BCUT2D eigenvalue weighted by atomic mass is 19.4. The van der Waals surface area contributed by atoms with Crippen LogP contribution in [-0.4, -0.2) is 32.2 Å². The molecule has 1 aliphatic carbocycles. The number of phenolic OH excluding ortho intramolecular Hbond substituents is 1. The van der Waals surface area contributed by atoms with Gasteiger partial charge >= 0.3 is 6.18 Å². The van der Waals surface area contributed by atoms with Crippen molar-refractivity contribution >= 4 is 11.7 Å². The summed E-state index contributed by atoms with van der Waals surface area (Å²) in [6.07, 6.45) is -0.734. The monoisotopic (exact) mass is 518 g/mol. The fourth-order valence-electron chi connectivity index (χ4n) is 4.53. The molecule has 0 radical (unpaired) electrons. The summed E-state index contributed by atoms with van der Waals surface area (Å²) in [4.78, 5) is 21.5. The molecule has 0 bridgehead atoms. The van der Waals surface area contributed by atoms with Crippen molar-refractivity contribution in [2.45, 2.75) is 56.8 Å². The first-order valence-corrected chi connectivity index (χ1v) is 11.8. The van der Waals surface area contributed by atoms with Crippen LogP contribution in [0.3, 0.4) is 0 Å². The number of nitrogen functional groups attached to an aromatic ring is 1. The summed E-state index contributed by atoms with van der Waals surface area (Å²) in [5.41, 5.74) is 5.52. The molecule has 3 aromatic rings. The maximum atomic E-state index is 15.0. The molecule has 4 rings (SSSR count). The molecule has 0 saturated heterocycles. The van der Waals surface area contributed by atoms with Gasteiger partial charge in [-0.05, 0) is 50.8 Å². The van der Waals surface area contributed by atoms with E-state index in [1.807, 2.05) is 0 Å². The van der Waals surface area contributed by atoms with E-state index in [9.17, 15) is 32.6 Å². The minimum absolute atomic E-state index is 0.0878. The van der Waals surface area contributed by atoms with Crippen molar-refractivity contribution in [2.75, 3.05) is 5.73 Å². The number of phenols is 1. The number of nitrogens with one attached hydrogen (secondary N) is 1. The van der Waals surface area contributed by atoms with E-state index in [0.29, 0.717) is 24.1 Å². The largest absolute Gasteiger partial charge is 0.507 e. The molecule has 1 heterocycles. The molecule has 0 aliphatic heterocycles. The van der Waals surface area contributed by atoms with Crippen LogP contribution in [0.5, 0.6) is 5.75 Å². The van der Waals surface area contributed by atoms with Crippen LogP contribution in [0.4, 0.5) is 23.4 Å². The summed E-state index contributed by atoms with van der Waals surface area (Å²) in [6.45, 7) is 1.38. The van der Waals surface area contributed by atoms with E-state index >= 15 is 0 Å². The lowest BCUT2D eigenvalue weighted by molar-refractivity contribution is -0.138. The Hall–Kier alpha value is -3.73. The molecule has 1 atom stereocenters. The zero-order chi connectivity index (χ0) is 26.9. The van der Waals surface area contributed by atoms with E-state index in [2.05, 4.69) is 15.3 Å². The van der Waals surface area contributed by atoms with Crippen LogP contribution in [-0.2, 0) is 6.18 Å². The molecule has 37 heavy (non-hydrogen) atoms. The minimum Gasteiger partial charge on any atom is -0.507 e. The van der Waals surface area contributed by atoms with Crippen molar-refractivity contribution < 1.29 is 32.6 Å². The zero-order valence-corrected chi connectivity index (χ0v) is 19.9. The van der Waals surface area contributed by atoms with E-state index in [4.69, 9.17) is 5.73 Å². The number of alkyl halides is 3. The Labute approximate surface area is 210 Å². The average Bonchev–Trinajstić information content (AvgIpc) is 2.84. The van der Waals surface area contributed by atoms with Gasteiger partial charge in [0.1, 0.15) is 23.1 Å². The number of rotatable bonds is 5. The van der Waals surface area contributed by atoms with Crippen molar-refractivity contribution in [1.82, 2.24) is 15.3 Å². The Bertz CT molecular complexity index is 1310. The number of para-hydroxylation sites is 1. The molecule has 11 heteroatoms. The molecular weight excluding hydrogens is 492 g/mol. The smallest absolute Gasteiger partial charge is 0.419 e. The van der Waals surface area contributed by atoms with Gasteiger partial charge < -0.3 is 21.3 Å². The van der Waals surface area contributed by atoms with Crippen LogP contribution >= 0.6 is 0 Å². The van der Waals surface area contributed by atoms with Crippen LogP contribution < -0.4 is 11.1 Å². The van der Waals surface area contributed by atoms with Gasteiger partial charge in [-0.2, -0.15) is 13.2 Å². The molecule has 1 amide bonds. The number of halogens is 4. The van der Waals surface area contributed by atoms with Crippen molar-refractivity contribution in [3.05, 3.63) is 70.8 Å². The van der Waals surface area contributed by atoms with Gasteiger partial charge in [-0.15, -0.1) is 0 Å². The lowest BCUT2D eigenvalue weighted by atomic mass is 9.85. The van der Waals surface area contributed by atoms with Gasteiger partial charge in [0, 0.05) is 17.0 Å². The molecular formula is C26H26F4N4O3. The van der Waals surface area contributed by atoms with Gasteiger partial charge in [-0.1, -0.05) is 18.2 Å². The van der Waals surface area contributed by atoms with E-state index in [0.717, 1.165) is 31.0 Å². The van der Waals surface area contributed by atoms with Crippen molar-refractivity contribution in [3.8, 4) is 17.0 Å². The molecule has 1 fully saturated rings. The summed E-state index contributed by atoms with van der Waals surface area (Å²) in [7, 11) is 0. The Morgan fingerprint density at radius 1 is 1.16 bits per heavy atom. The number of amides is 1. The Kier molecular flexibility index (Phi) is 7.35. The van der Waals surface area contributed by atoms with Crippen LogP contribution in [0.25, 0.3) is 11.3 Å². The topological polar surface area (TPSA) is 121 Å². The first-order valence-electron chi connectivity index (χ1n) is 11.8. The molecule has 1 aliphatic rings. The van der Waals surface area contributed by atoms with E-state index < -0.39 is 35.3 Å². The summed E-state index contributed by atoms with van der Waals surface area (Å²) in [5, 5.41) is 22.2. The van der Waals surface area contributed by atoms with Gasteiger partial charge in [0.15, 0.2) is 0 Å². The highest BCUT2D eigenvalue weighted by Gasteiger charge is 2.35. The van der Waals surface area contributed by atoms with E-state index in [1.54, 1.807) is 6.20 Å². The normalized spacial score (nSPS) is 18.9. The second-order valence-corrected chi connectivity index (χ2v) is 9.17. The van der Waals surface area contributed by atoms with Crippen LogP contribution in [0.1, 0.15) is 71.7 Å². The number of nitrogens with zero attached hydrogens (tertiary/aromatic N) is 2. The molecule has 0 spiro atoms. The third-order valence-electron chi connectivity index (χ3n) is 6.61. The highest BCUT2D eigenvalue weighted by Crippen LogP contribution is 2.39. The average molecular weight is 519 g/mol. The van der Waals surface area contributed by atoms with Crippen molar-refractivity contribution in [1.29, 1.82) is 0 Å². The third kappa shape index (κ3) is 5.66. The second-order valence-electron chi connectivity index (χ2n) is 9.17. The second kappa shape index (κ2) is 10.3. The van der Waals surface area contributed by atoms with Crippen LogP contribution in [0, 0.1) is 5.82 Å². The first-order chi connectivity index (χ1) is 17.5. The fourth-order valence-corrected chi connectivity index (χ4v) is 4.53. The Morgan fingerprint density at radius 3 is 2.51 bits per heavy atom. The first kappa shape index (κ1) is 26.3. The molecule has 0 unspecified atom stereocenters.